The molecule has 1 unspecified atom stereocenters. The van der Waals surface area contributed by atoms with Crippen molar-refractivity contribution in [3.05, 3.63) is 29.8 Å². The molecule has 0 saturated carbocycles. The Morgan fingerprint density at radius 3 is 2.79 bits per heavy atom. The van der Waals surface area contributed by atoms with Crippen molar-refractivity contribution in [2.24, 2.45) is 7.05 Å². The number of hydrogen-bond donors (Lipinski definition) is 1. The van der Waals surface area contributed by atoms with Crippen LogP contribution < -0.4 is 5.32 Å². The molecule has 2 aromatic heterocycles. The van der Waals surface area contributed by atoms with Gasteiger partial charge >= 0.3 is 0 Å². The maximum atomic E-state index is 13.1. The monoisotopic (exact) mass is 305 g/mol. The Labute approximate surface area is 124 Å². The number of hydrogen-bond acceptors (Lipinski definition) is 2. The Bertz CT molecular complexity index is 550. The molecule has 106 valence electrons. The molecule has 1 aliphatic heterocycles. The van der Waals surface area contributed by atoms with Gasteiger partial charge in [-0.15, -0.1) is 24.8 Å². The predicted molar refractivity (Wildman–Crippen MR) is 79.8 cm³/mol. The van der Waals surface area contributed by atoms with Crippen molar-refractivity contribution in [3.63, 3.8) is 0 Å². The largest absolute Gasteiger partial charge is 0.331 e. The Kier molecular flexibility index (Phi) is 5.59. The number of fused-ring (bicyclic) bond motifs is 1. The third-order valence-electron chi connectivity index (χ3n) is 3.54. The van der Waals surface area contributed by atoms with Crippen LogP contribution >= 0.6 is 24.8 Å². The van der Waals surface area contributed by atoms with Crippen LogP contribution in [0.1, 0.15) is 31.0 Å². The second-order valence-corrected chi connectivity index (χ2v) is 4.70. The lowest BCUT2D eigenvalue weighted by atomic mass is 10.0. The minimum absolute atomic E-state index is 0. The van der Waals surface area contributed by atoms with Crippen LogP contribution in [0.5, 0.6) is 0 Å². The van der Waals surface area contributed by atoms with Crippen molar-refractivity contribution in [1.82, 2.24) is 14.9 Å². The van der Waals surface area contributed by atoms with Crippen LogP contribution in [-0.2, 0) is 7.05 Å². The van der Waals surface area contributed by atoms with Crippen molar-refractivity contribution >= 4 is 35.8 Å². The first-order chi connectivity index (χ1) is 8.25. The van der Waals surface area contributed by atoms with Gasteiger partial charge in [0.05, 0.1) is 6.20 Å². The molecule has 6 heteroatoms. The first-order valence-electron chi connectivity index (χ1n) is 6.10. The summed E-state index contributed by atoms with van der Waals surface area (Å²) in [5.41, 5.74) is 2.06. The maximum Gasteiger partial charge on any atom is 0.142 e. The summed E-state index contributed by atoms with van der Waals surface area (Å²) in [5.74, 6) is -0.272. The van der Waals surface area contributed by atoms with Crippen LogP contribution in [0.3, 0.4) is 0 Å². The molecule has 0 aromatic carbocycles. The normalized spacial score (nSPS) is 18.7. The first-order valence-corrected chi connectivity index (χ1v) is 6.10. The number of piperidine rings is 1. The van der Waals surface area contributed by atoms with Crippen molar-refractivity contribution in [2.45, 2.75) is 25.3 Å². The molecule has 2 aromatic rings. The zero-order chi connectivity index (χ0) is 11.8. The van der Waals surface area contributed by atoms with Gasteiger partial charge in [0, 0.05) is 24.2 Å². The molecule has 0 spiro atoms. The fraction of sp³-hybridized carbons (Fsp3) is 0.462. The molecule has 1 N–H and O–H groups in total. The van der Waals surface area contributed by atoms with Crippen LogP contribution in [0.2, 0.25) is 0 Å². The van der Waals surface area contributed by atoms with Crippen LogP contribution in [0, 0.1) is 5.82 Å². The Hall–Kier alpha value is -0.840. The molecule has 1 atom stereocenters. The van der Waals surface area contributed by atoms with Gasteiger partial charge in [-0.1, -0.05) is 6.42 Å². The third kappa shape index (κ3) is 3.02. The van der Waals surface area contributed by atoms with E-state index in [1.807, 2.05) is 7.05 Å². The third-order valence-corrected chi connectivity index (χ3v) is 3.54. The fourth-order valence-corrected chi connectivity index (χ4v) is 2.65. The highest BCUT2D eigenvalue weighted by molar-refractivity contribution is 5.85. The maximum absolute atomic E-state index is 13.1. The summed E-state index contributed by atoms with van der Waals surface area (Å²) < 4.78 is 15.2. The van der Waals surface area contributed by atoms with Gasteiger partial charge in [0.25, 0.3) is 0 Å². The molecule has 1 fully saturated rings. The molecule has 3 nitrogen and oxygen atoms in total. The predicted octanol–water partition coefficient (Wildman–Crippen LogP) is 3.37. The topological polar surface area (TPSA) is 29.9 Å². The number of pyridine rings is 1. The van der Waals surface area contributed by atoms with Crippen LogP contribution in [0.4, 0.5) is 4.39 Å². The van der Waals surface area contributed by atoms with E-state index in [1.165, 1.54) is 24.7 Å². The molecule has 0 bridgehead atoms. The molecule has 3 heterocycles. The number of aryl methyl sites for hydroxylation is 1. The van der Waals surface area contributed by atoms with Gasteiger partial charge in [0.1, 0.15) is 11.5 Å². The van der Waals surface area contributed by atoms with E-state index >= 15 is 0 Å². The molecule has 3 rings (SSSR count). The molecule has 0 amide bonds. The van der Waals surface area contributed by atoms with E-state index in [4.69, 9.17) is 0 Å². The molecule has 19 heavy (non-hydrogen) atoms. The number of aromatic nitrogens is 2. The van der Waals surface area contributed by atoms with Crippen LogP contribution in [0.25, 0.3) is 11.0 Å². The van der Waals surface area contributed by atoms with Crippen LogP contribution in [-0.4, -0.2) is 16.1 Å². The number of nitrogens with zero attached hydrogens (tertiary/aromatic N) is 2. The first kappa shape index (κ1) is 16.2. The van der Waals surface area contributed by atoms with Gasteiger partial charge in [-0.2, -0.15) is 0 Å². The minimum atomic E-state index is -0.272. The molecule has 1 aliphatic rings. The van der Waals surface area contributed by atoms with E-state index in [2.05, 4.69) is 20.9 Å². The summed E-state index contributed by atoms with van der Waals surface area (Å²) in [6, 6.07) is 3.98. The SMILES string of the molecule is Cl.Cl.Cn1c(C2CCCCN2)cc2cc(F)cnc21. The molecule has 0 aliphatic carbocycles. The lowest BCUT2D eigenvalue weighted by molar-refractivity contribution is 0.399. The lowest BCUT2D eigenvalue weighted by Crippen LogP contribution is -2.28. The molecular formula is C13H18Cl2FN3. The highest BCUT2D eigenvalue weighted by Crippen LogP contribution is 2.27. The lowest BCUT2D eigenvalue weighted by Gasteiger charge is -2.24. The standard InChI is InChI=1S/C13H16FN3.2ClH/c1-17-12(11-4-2-3-5-15-11)7-9-6-10(14)8-16-13(9)17;;/h6-8,11,15H,2-5H2,1H3;2*1H. The van der Waals surface area contributed by atoms with E-state index in [0.29, 0.717) is 6.04 Å². The zero-order valence-corrected chi connectivity index (χ0v) is 12.4. The second-order valence-electron chi connectivity index (χ2n) is 4.70. The summed E-state index contributed by atoms with van der Waals surface area (Å²) >= 11 is 0. The van der Waals surface area contributed by atoms with Gasteiger partial charge in [0.2, 0.25) is 0 Å². The van der Waals surface area contributed by atoms with Gasteiger partial charge in [0.15, 0.2) is 0 Å². The smallest absolute Gasteiger partial charge is 0.142 e. The van der Waals surface area contributed by atoms with Gasteiger partial charge in [-0.25, -0.2) is 9.37 Å². The number of rotatable bonds is 1. The number of halogens is 3. The van der Waals surface area contributed by atoms with Gasteiger partial charge in [-0.3, -0.25) is 0 Å². The quantitative estimate of drug-likeness (QED) is 0.875. The van der Waals surface area contributed by atoms with E-state index < -0.39 is 0 Å². The van der Waals surface area contributed by atoms with E-state index in [1.54, 1.807) is 6.07 Å². The Balaban J connectivity index is 0.000000902. The second kappa shape index (κ2) is 6.55. The van der Waals surface area contributed by atoms with Crippen molar-refractivity contribution in [3.8, 4) is 0 Å². The summed E-state index contributed by atoms with van der Waals surface area (Å²) in [7, 11) is 2.00. The highest BCUT2D eigenvalue weighted by atomic mass is 35.5. The Morgan fingerprint density at radius 2 is 2.11 bits per heavy atom. The van der Waals surface area contributed by atoms with Gasteiger partial charge < -0.3 is 9.88 Å². The zero-order valence-electron chi connectivity index (χ0n) is 10.7. The van der Waals surface area contributed by atoms with Crippen molar-refractivity contribution in [2.75, 3.05) is 6.54 Å². The van der Waals surface area contributed by atoms with E-state index in [9.17, 15) is 4.39 Å². The summed E-state index contributed by atoms with van der Waals surface area (Å²) in [5, 5.41) is 4.39. The van der Waals surface area contributed by atoms with Crippen LogP contribution in [0.15, 0.2) is 18.3 Å². The van der Waals surface area contributed by atoms with Crippen molar-refractivity contribution in [1.29, 1.82) is 0 Å². The Morgan fingerprint density at radius 1 is 1.32 bits per heavy atom. The molecule has 1 saturated heterocycles. The van der Waals surface area contributed by atoms with Gasteiger partial charge in [-0.05, 0) is 31.5 Å². The minimum Gasteiger partial charge on any atom is -0.331 e. The fourth-order valence-electron chi connectivity index (χ4n) is 2.65. The average Bonchev–Trinajstić information content (AvgIpc) is 2.67. The van der Waals surface area contributed by atoms with Crippen molar-refractivity contribution < 1.29 is 4.39 Å². The molecule has 0 radical (unpaired) electrons. The summed E-state index contributed by atoms with van der Waals surface area (Å²) in [4.78, 5) is 4.16. The highest BCUT2D eigenvalue weighted by Gasteiger charge is 2.19. The number of nitrogens with one attached hydrogen (secondary N) is 1. The van der Waals surface area contributed by atoms with E-state index in [-0.39, 0.29) is 30.6 Å². The van der Waals surface area contributed by atoms with E-state index in [0.717, 1.165) is 24.0 Å². The molecular weight excluding hydrogens is 288 g/mol. The summed E-state index contributed by atoms with van der Waals surface area (Å²) in [6.45, 7) is 1.06. The average molecular weight is 306 g/mol. The summed E-state index contributed by atoms with van der Waals surface area (Å²) in [6.07, 6.45) is 4.92.